The third-order valence-corrected chi connectivity index (χ3v) is 6.49. The van der Waals surface area contributed by atoms with Gasteiger partial charge in [-0.25, -0.2) is 9.97 Å². The molecule has 0 bridgehead atoms. The molecule has 0 unspecified atom stereocenters. The molecule has 1 amide bonds. The molecule has 0 N–H and O–H groups in total. The number of hydrogen-bond acceptors (Lipinski definition) is 5. The number of amides is 1. The van der Waals surface area contributed by atoms with Gasteiger partial charge in [-0.1, -0.05) is 44.2 Å². The number of benzene rings is 1. The Bertz CT molecular complexity index is 877. The molecule has 1 fully saturated rings. The summed E-state index contributed by atoms with van der Waals surface area (Å²) in [7, 11) is 0. The van der Waals surface area contributed by atoms with Crippen molar-refractivity contribution in [3.8, 4) is 0 Å². The van der Waals surface area contributed by atoms with E-state index in [0.717, 1.165) is 80.6 Å². The van der Waals surface area contributed by atoms with E-state index < -0.39 is 0 Å². The van der Waals surface area contributed by atoms with E-state index in [4.69, 9.17) is 9.97 Å². The molecular weight excluding hydrogens is 374 g/mol. The Hall–Kier alpha value is -2.47. The molecule has 0 saturated carbocycles. The molecule has 2 aliphatic rings. The first-order chi connectivity index (χ1) is 14.6. The van der Waals surface area contributed by atoms with Crippen LogP contribution in [0, 0.1) is 6.92 Å². The molecule has 6 heteroatoms. The Balaban J connectivity index is 1.57. The van der Waals surface area contributed by atoms with Crippen molar-refractivity contribution in [1.29, 1.82) is 0 Å². The van der Waals surface area contributed by atoms with Crippen LogP contribution in [0.5, 0.6) is 0 Å². The van der Waals surface area contributed by atoms with Crippen LogP contribution in [-0.2, 0) is 17.8 Å². The quantitative estimate of drug-likeness (QED) is 0.763. The number of anilines is 1. The molecule has 0 spiro atoms. The SMILES string of the molecule is CC[C@H](C(=O)N1CCc2nc(C)nc(N3CCN(CC)CC3)c2C1)c1ccccc1. The van der Waals surface area contributed by atoms with Gasteiger partial charge in [0.05, 0.1) is 18.2 Å². The topological polar surface area (TPSA) is 52.6 Å². The van der Waals surface area contributed by atoms with Crippen LogP contribution in [0.25, 0.3) is 0 Å². The number of likely N-dealkylation sites (N-methyl/N-ethyl adjacent to an activating group) is 1. The number of piperazine rings is 1. The number of carbonyl (C=O) groups excluding carboxylic acids is 1. The van der Waals surface area contributed by atoms with Crippen molar-refractivity contribution >= 4 is 11.7 Å². The van der Waals surface area contributed by atoms with Crippen LogP contribution in [0.3, 0.4) is 0 Å². The Labute approximate surface area is 179 Å². The van der Waals surface area contributed by atoms with Crippen molar-refractivity contribution in [2.75, 3.05) is 44.2 Å². The van der Waals surface area contributed by atoms with Gasteiger partial charge < -0.3 is 14.7 Å². The number of aryl methyl sites for hydroxylation is 1. The number of hydrogen-bond donors (Lipinski definition) is 0. The van der Waals surface area contributed by atoms with E-state index in [-0.39, 0.29) is 11.8 Å². The molecule has 4 rings (SSSR count). The number of aromatic nitrogens is 2. The fourth-order valence-corrected chi connectivity index (χ4v) is 4.70. The molecule has 160 valence electrons. The summed E-state index contributed by atoms with van der Waals surface area (Å²) in [6.45, 7) is 12.8. The number of rotatable bonds is 5. The zero-order valence-electron chi connectivity index (χ0n) is 18.5. The minimum absolute atomic E-state index is 0.0873. The molecule has 1 aromatic heterocycles. The van der Waals surface area contributed by atoms with E-state index >= 15 is 0 Å². The minimum atomic E-state index is -0.0873. The lowest BCUT2D eigenvalue weighted by Crippen LogP contribution is -2.47. The Morgan fingerprint density at radius 2 is 1.77 bits per heavy atom. The van der Waals surface area contributed by atoms with E-state index in [1.54, 1.807) is 0 Å². The second kappa shape index (κ2) is 9.13. The number of fused-ring (bicyclic) bond motifs is 1. The highest BCUT2D eigenvalue weighted by atomic mass is 16.2. The molecule has 30 heavy (non-hydrogen) atoms. The van der Waals surface area contributed by atoms with Crippen molar-refractivity contribution in [3.63, 3.8) is 0 Å². The standard InChI is InChI=1S/C24H33N5O/c1-4-20(19-9-7-6-8-10-19)24(30)29-12-11-22-21(17-29)23(26-18(3)25-22)28-15-13-27(5-2)14-16-28/h6-10,20H,4-5,11-17H2,1-3H3/t20-/m0/s1. The van der Waals surface area contributed by atoms with Crippen LogP contribution < -0.4 is 4.90 Å². The lowest BCUT2D eigenvalue weighted by Gasteiger charge is -2.38. The van der Waals surface area contributed by atoms with Gasteiger partial charge in [-0.3, -0.25) is 4.79 Å². The molecular formula is C24H33N5O. The van der Waals surface area contributed by atoms with Crippen molar-refractivity contribution in [2.24, 2.45) is 0 Å². The summed E-state index contributed by atoms with van der Waals surface area (Å²) >= 11 is 0. The molecule has 0 aliphatic carbocycles. The molecule has 1 atom stereocenters. The van der Waals surface area contributed by atoms with Crippen molar-refractivity contribution in [1.82, 2.24) is 19.8 Å². The predicted octanol–water partition coefficient (Wildman–Crippen LogP) is 3.01. The molecule has 2 aromatic rings. The van der Waals surface area contributed by atoms with Crippen molar-refractivity contribution < 1.29 is 4.79 Å². The van der Waals surface area contributed by atoms with E-state index in [9.17, 15) is 4.79 Å². The summed E-state index contributed by atoms with van der Waals surface area (Å²) in [5.41, 5.74) is 3.37. The monoisotopic (exact) mass is 407 g/mol. The van der Waals surface area contributed by atoms with Gasteiger partial charge in [0.2, 0.25) is 5.91 Å². The van der Waals surface area contributed by atoms with E-state index in [1.165, 1.54) is 0 Å². The van der Waals surface area contributed by atoms with Gasteiger partial charge in [-0.15, -0.1) is 0 Å². The predicted molar refractivity (Wildman–Crippen MR) is 120 cm³/mol. The Morgan fingerprint density at radius 1 is 1.03 bits per heavy atom. The zero-order chi connectivity index (χ0) is 21.1. The van der Waals surface area contributed by atoms with E-state index in [2.05, 4.69) is 35.8 Å². The molecule has 2 aliphatic heterocycles. The maximum absolute atomic E-state index is 13.4. The van der Waals surface area contributed by atoms with Crippen LogP contribution in [-0.4, -0.2) is 64.9 Å². The first kappa shape index (κ1) is 20.8. The molecule has 3 heterocycles. The van der Waals surface area contributed by atoms with Crippen LogP contribution in [0.1, 0.15) is 48.8 Å². The highest BCUT2D eigenvalue weighted by molar-refractivity contribution is 5.84. The maximum Gasteiger partial charge on any atom is 0.230 e. The third kappa shape index (κ3) is 4.19. The number of carbonyl (C=O) groups is 1. The van der Waals surface area contributed by atoms with Gasteiger partial charge in [-0.05, 0) is 25.5 Å². The second-order valence-electron chi connectivity index (χ2n) is 8.32. The normalized spacial score (nSPS) is 18.2. The fraction of sp³-hybridized carbons (Fsp3) is 0.542. The summed E-state index contributed by atoms with van der Waals surface area (Å²) in [4.78, 5) is 29.9. The van der Waals surface area contributed by atoms with Gasteiger partial charge >= 0.3 is 0 Å². The smallest absolute Gasteiger partial charge is 0.230 e. The lowest BCUT2D eigenvalue weighted by atomic mass is 9.93. The van der Waals surface area contributed by atoms with E-state index in [1.807, 2.05) is 30.0 Å². The average Bonchev–Trinajstić information content (AvgIpc) is 2.79. The van der Waals surface area contributed by atoms with Crippen molar-refractivity contribution in [2.45, 2.75) is 46.1 Å². The summed E-state index contributed by atoms with van der Waals surface area (Å²) in [5, 5.41) is 0. The second-order valence-corrected chi connectivity index (χ2v) is 8.32. The maximum atomic E-state index is 13.4. The van der Waals surface area contributed by atoms with E-state index in [0.29, 0.717) is 6.54 Å². The minimum Gasteiger partial charge on any atom is -0.354 e. The fourth-order valence-electron chi connectivity index (χ4n) is 4.70. The van der Waals surface area contributed by atoms with Gasteiger partial charge in [0.1, 0.15) is 11.6 Å². The molecule has 6 nitrogen and oxygen atoms in total. The van der Waals surface area contributed by atoms with Gasteiger partial charge in [0.15, 0.2) is 0 Å². The summed E-state index contributed by atoms with van der Waals surface area (Å²) in [6.07, 6.45) is 1.61. The highest BCUT2D eigenvalue weighted by Gasteiger charge is 2.31. The van der Waals surface area contributed by atoms with Gasteiger partial charge in [-0.2, -0.15) is 0 Å². The first-order valence-electron chi connectivity index (χ1n) is 11.3. The van der Waals surface area contributed by atoms with Gasteiger partial charge in [0.25, 0.3) is 0 Å². The molecule has 1 saturated heterocycles. The summed E-state index contributed by atoms with van der Waals surface area (Å²) in [5.74, 6) is 2.00. The van der Waals surface area contributed by atoms with Crippen LogP contribution in [0.4, 0.5) is 5.82 Å². The zero-order valence-corrected chi connectivity index (χ0v) is 18.5. The summed E-state index contributed by atoms with van der Waals surface area (Å²) < 4.78 is 0. The van der Waals surface area contributed by atoms with Gasteiger partial charge in [0, 0.05) is 44.7 Å². The molecule has 1 aromatic carbocycles. The van der Waals surface area contributed by atoms with Crippen LogP contribution in [0.2, 0.25) is 0 Å². The first-order valence-corrected chi connectivity index (χ1v) is 11.3. The van der Waals surface area contributed by atoms with Crippen molar-refractivity contribution in [3.05, 3.63) is 53.0 Å². The number of nitrogens with zero attached hydrogens (tertiary/aromatic N) is 5. The molecule has 0 radical (unpaired) electrons. The van der Waals surface area contributed by atoms with Crippen LogP contribution >= 0.6 is 0 Å². The Kier molecular flexibility index (Phi) is 6.32. The average molecular weight is 408 g/mol. The summed E-state index contributed by atoms with van der Waals surface area (Å²) in [6, 6.07) is 10.2. The third-order valence-electron chi connectivity index (χ3n) is 6.49. The highest BCUT2D eigenvalue weighted by Crippen LogP contribution is 2.30. The lowest BCUT2D eigenvalue weighted by molar-refractivity contribution is -0.133. The van der Waals surface area contributed by atoms with Crippen LogP contribution in [0.15, 0.2) is 30.3 Å². The Morgan fingerprint density at radius 3 is 2.43 bits per heavy atom. The largest absolute Gasteiger partial charge is 0.354 e.